The summed E-state index contributed by atoms with van der Waals surface area (Å²) in [5, 5.41) is 10.9. The third-order valence-electron chi connectivity index (χ3n) is 5.12. The summed E-state index contributed by atoms with van der Waals surface area (Å²) >= 11 is 2.52. The van der Waals surface area contributed by atoms with Crippen LogP contribution in [0.2, 0.25) is 0 Å². The van der Waals surface area contributed by atoms with Crippen molar-refractivity contribution in [3.8, 4) is 0 Å². The van der Waals surface area contributed by atoms with Gasteiger partial charge in [-0.25, -0.2) is 4.39 Å². The monoisotopic (exact) mass is 446 g/mol. The third-order valence-corrected chi connectivity index (χ3v) is 7.14. The van der Waals surface area contributed by atoms with E-state index < -0.39 is 0 Å². The van der Waals surface area contributed by atoms with Gasteiger partial charge in [-0.15, -0.1) is 10.2 Å². The van der Waals surface area contributed by atoms with E-state index in [-0.39, 0.29) is 48.3 Å². The molecule has 0 saturated carbocycles. The summed E-state index contributed by atoms with van der Waals surface area (Å²) in [7, 11) is 0. The van der Waals surface area contributed by atoms with Gasteiger partial charge in [-0.1, -0.05) is 53.4 Å². The number of nitrogens with zero attached hydrogens (tertiary/aromatic N) is 3. The van der Waals surface area contributed by atoms with Crippen molar-refractivity contribution in [3.05, 3.63) is 47.8 Å². The molecule has 0 spiro atoms. The summed E-state index contributed by atoms with van der Waals surface area (Å²) in [6.45, 7) is 0.0597. The van der Waals surface area contributed by atoms with Crippen molar-refractivity contribution in [1.29, 1.82) is 0 Å². The SMILES string of the molecule is O=C(CCN1C(=O)[C@H]2CC=CC[C@H]2C1=O)Nc1nnc(SCc2ccccc2F)s1. The van der Waals surface area contributed by atoms with Crippen molar-refractivity contribution in [3.63, 3.8) is 0 Å². The van der Waals surface area contributed by atoms with Gasteiger partial charge >= 0.3 is 0 Å². The van der Waals surface area contributed by atoms with E-state index in [0.29, 0.717) is 33.6 Å². The number of aromatic nitrogens is 2. The fourth-order valence-corrected chi connectivity index (χ4v) is 5.31. The molecule has 0 radical (unpaired) electrons. The molecule has 30 heavy (non-hydrogen) atoms. The molecule has 1 aliphatic heterocycles. The number of carbonyl (C=O) groups excluding carboxylic acids is 3. The number of likely N-dealkylation sites (tertiary alicyclic amines) is 1. The van der Waals surface area contributed by atoms with Gasteiger partial charge in [-0.05, 0) is 24.5 Å². The molecule has 1 N–H and O–H groups in total. The first-order valence-corrected chi connectivity index (χ1v) is 11.3. The fraction of sp³-hybridized carbons (Fsp3) is 0.350. The molecule has 1 saturated heterocycles. The number of fused-ring (bicyclic) bond motifs is 1. The maximum Gasteiger partial charge on any atom is 0.233 e. The maximum absolute atomic E-state index is 13.7. The summed E-state index contributed by atoms with van der Waals surface area (Å²) < 4.78 is 14.3. The van der Waals surface area contributed by atoms with Gasteiger partial charge in [0.25, 0.3) is 0 Å². The van der Waals surface area contributed by atoms with Gasteiger partial charge in [0, 0.05) is 18.7 Å². The van der Waals surface area contributed by atoms with Crippen LogP contribution in [0.1, 0.15) is 24.8 Å². The number of carbonyl (C=O) groups is 3. The lowest BCUT2D eigenvalue weighted by Crippen LogP contribution is -2.34. The Morgan fingerprint density at radius 3 is 2.57 bits per heavy atom. The number of allylic oxidation sites excluding steroid dienone is 2. The molecule has 3 amide bonds. The minimum Gasteiger partial charge on any atom is -0.300 e. The third kappa shape index (κ3) is 4.44. The molecule has 10 heteroatoms. The first kappa shape index (κ1) is 20.7. The largest absolute Gasteiger partial charge is 0.300 e. The Morgan fingerprint density at radius 1 is 1.17 bits per heavy atom. The highest BCUT2D eigenvalue weighted by atomic mass is 32.2. The Kier molecular flexibility index (Phi) is 6.24. The highest BCUT2D eigenvalue weighted by Crippen LogP contribution is 2.35. The van der Waals surface area contributed by atoms with Gasteiger partial charge in [-0.3, -0.25) is 19.3 Å². The number of hydrogen-bond acceptors (Lipinski definition) is 7. The van der Waals surface area contributed by atoms with Crippen LogP contribution in [0.15, 0.2) is 40.8 Å². The molecule has 0 unspecified atom stereocenters. The average molecular weight is 447 g/mol. The molecule has 156 valence electrons. The zero-order valence-electron chi connectivity index (χ0n) is 15.9. The Labute approximate surface area is 180 Å². The second kappa shape index (κ2) is 9.05. The van der Waals surface area contributed by atoms with Gasteiger partial charge in [0.15, 0.2) is 4.34 Å². The number of thioether (sulfide) groups is 1. The molecule has 1 aromatic carbocycles. The zero-order valence-corrected chi connectivity index (χ0v) is 17.5. The van der Waals surface area contributed by atoms with Crippen molar-refractivity contribution in [2.45, 2.75) is 29.4 Å². The second-order valence-electron chi connectivity index (χ2n) is 7.04. The highest BCUT2D eigenvalue weighted by molar-refractivity contribution is 8.00. The van der Waals surface area contributed by atoms with Crippen molar-refractivity contribution in [1.82, 2.24) is 15.1 Å². The molecule has 2 heterocycles. The lowest BCUT2D eigenvalue weighted by atomic mass is 9.85. The van der Waals surface area contributed by atoms with E-state index in [4.69, 9.17) is 0 Å². The number of rotatable bonds is 7. The predicted molar refractivity (Wildman–Crippen MR) is 111 cm³/mol. The fourth-order valence-electron chi connectivity index (χ4n) is 3.56. The summed E-state index contributed by atoms with van der Waals surface area (Å²) in [6, 6.07) is 6.52. The molecule has 2 aromatic rings. The van der Waals surface area contributed by atoms with E-state index in [0.717, 1.165) is 0 Å². The van der Waals surface area contributed by atoms with Crippen LogP contribution in [0.3, 0.4) is 0 Å². The first-order chi connectivity index (χ1) is 14.5. The summed E-state index contributed by atoms with van der Waals surface area (Å²) in [4.78, 5) is 38.3. The van der Waals surface area contributed by atoms with Crippen LogP contribution in [0.5, 0.6) is 0 Å². The van der Waals surface area contributed by atoms with E-state index in [9.17, 15) is 18.8 Å². The zero-order chi connectivity index (χ0) is 21.1. The number of halogens is 1. The van der Waals surface area contributed by atoms with E-state index in [1.165, 1.54) is 34.1 Å². The number of anilines is 1. The molecule has 1 aliphatic carbocycles. The van der Waals surface area contributed by atoms with Gasteiger partial charge in [0.1, 0.15) is 5.82 Å². The quantitative estimate of drug-likeness (QED) is 0.304. The lowest BCUT2D eigenvalue weighted by Gasteiger charge is -2.14. The first-order valence-electron chi connectivity index (χ1n) is 9.52. The smallest absolute Gasteiger partial charge is 0.233 e. The average Bonchev–Trinajstić information content (AvgIpc) is 3.29. The number of imide groups is 1. The molecule has 2 atom stereocenters. The van der Waals surface area contributed by atoms with Gasteiger partial charge in [0.05, 0.1) is 11.8 Å². The minimum absolute atomic E-state index is 0.00162. The van der Waals surface area contributed by atoms with Crippen molar-refractivity contribution in [2.24, 2.45) is 11.8 Å². The van der Waals surface area contributed by atoms with E-state index in [1.807, 2.05) is 12.2 Å². The van der Waals surface area contributed by atoms with Crippen LogP contribution in [0.4, 0.5) is 9.52 Å². The van der Waals surface area contributed by atoms with E-state index >= 15 is 0 Å². The molecule has 2 aliphatic rings. The highest BCUT2D eigenvalue weighted by Gasteiger charge is 2.46. The van der Waals surface area contributed by atoms with Crippen molar-refractivity contribution < 1.29 is 18.8 Å². The Morgan fingerprint density at radius 2 is 1.87 bits per heavy atom. The Balaban J connectivity index is 1.26. The number of nitrogens with one attached hydrogen (secondary N) is 1. The number of hydrogen-bond donors (Lipinski definition) is 1. The number of amides is 3. The molecule has 0 bridgehead atoms. The van der Waals surface area contributed by atoms with Crippen LogP contribution in [-0.4, -0.2) is 39.4 Å². The molecular formula is C20H19FN4O3S2. The van der Waals surface area contributed by atoms with E-state index in [2.05, 4.69) is 15.5 Å². The van der Waals surface area contributed by atoms with Crippen LogP contribution >= 0.6 is 23.1 Å². The summed E-state index contributed by atoms with van der Waals surface area (Å²) in [5.41, 5.74) is 0.569. The second-order valence-corrected chi connectivity index (χ2v) is 9.24. The van der Waals surface area contributed by atoms with Crippen LogP contribution in [0, 0.1) is 17.7 Å². The van der Waals surface area contributed by atoms with Gasteiger partial charge in [-0.2, -0.15) is 0 Å². The van der Waals surface area contributed by atoms with E-state index in [1.54, 1.807) is 18.2 Å². The van der Waals surface area contributed by atoms with Crippen molar-refractivity contribution in [2.75, 3.05) is 11.9 Å². The maximum atomic E-state index is 13.7. The van der Waals surface area contributed by atoms with Crippen molar-refractivity contribution >= 4 is 46.0 Å². The van der Waals surface area contributed by atoms with Crippen LogP contribution in [-0.2, 0) is 20.1 Å². The van der Waals surface area contributed by atoms with Gasteiger partial charge in [0.2, 0.25) is 22.9 Å². The summed E-state index contributed by atoms with van der Waals surface area (Å²) in [5.74, 6) is -1.17. The Bertz CT molecular complexity index is 983. The van der Waals surface area contributed by atoms with Crippen LogP contribution in [0.25, 0.3) is 0 Å². The molecule has 1 aromatic heterocycles. The molecule has 7 nitrogen and oxygen atoms in total. The lowest BCUT2D eigenvalue weighted by molar-refractivity contribution is -0.140. The molecule has 4 rings (SSSR count). The minimum atomic E-state index is -0.342. The topological polar surface area (TPSA) is 92.3 Å². The Hall–Kier alpha value is -2.59. The van der Waals surface area contributed by atoms with Gasteiger partial charge < -0.3 is 5.32 Å². The standard InChI is InChI=1S/C20H19FN4O3S2/c21-15-8-4-1-5-12(15)11-29-20-24-23-19(30-20)22-16(26)9-10-25-17(27)13-6-2-3-7-14(13)18(25)28/h1-5,8,13-14H,6-7,9-11H2,(H,22,23,26)/t13-,14+. The normalized spacial score (nSPS) is 20.5. The molecular weight excluding hydrogens is 427 g/mol. The molecule has 1 fully saturated rings. The van der Waals surface area contributed by atoms with Crippen LogP contribution < -0.4 is 5.32 Å². The predicted octanol–water partition coefficient (Wildman–Crippen LogP) is 3.25. The number of benzene rings is 1. The summed E-state index contributed by atoms with van der Waals surface area (Å²) in [6.07, 6.45) is 5.02.